The van der Waals surface area contributed by atoms with Gasteiger partial charge in [0, 0.05) is 10.5 Å². The number of anilines is 1. The minimum absolute atomic E-state index is 0.0221. The third kappa shape index (κ3) is 3.43. The largest absolute Gasteiger partial charge is 0.306 e. The molecule has 0 saturated carbocycles. The normalized spacial score (nSPS) is 10.3. The molecule has 2 rings (SSSR count). The molecule has 0 aliphatic rings. The standard InChI is InChI=1S/C12H8BrCl2N3O/c1-6-3-2-4-7(10(6)13)11(19)17-9-5-8(14)16-12(15)18-9/h2-5H,1H3,(H,16,17,18,19). The summed E-state index contributed by atoms with van der Waals surface area (Å²) in [5, 5.41) is 2.76. The first-order valence-corrected chi connectivity index (χ1v) is 6.79. The number of carbonyl (C=O) groups is 1. The summed E-state index contributed by atoms with van der Waals surface area (Å²) in [5.41, 5.74) is 1.47. The van der Waals surface area contributed by atoms with Gasteiger partial charge < -0.3 is 5.32 Å². The highest BCUT2D eigenvalue weighted by molar-refractivity contribution is 9.10. The molecule has 0 unspecified atom stereocenters. The average molecular weight is 361 g/mol. The zero-order valence-corrected chi connectivity index (χ0v) is 12.8. The van der Waals surface area contributed by atoms with E-state index in [2.05, 4.69) is 31.2 Å². The van der Waals surface area contributed by atoms with Crippen LogP contribution in [-0.4, -0.2) is 15.9 Å². The maximum absolute atomic E-state index is 12.1. The van der Waals surface area contributed by atoms with Crippen molar-refractivity contribution in [3.63, 3.8) is 0 Å². The Kier molecular flexibility index (Phi) is 4.39. The van der Waals surface area contributed by atoms with E-state index in [0.29, 0.717) is 5.56 Å². The van der Waals surface area contributed by atoms with E-state index in [1.807, 2.05) is 13.0 Å². The molecule has 1 N–H and O–H groups in total. The van der Waals surface area contributed by atoms with E-state index >= 15 is 0 Å². The SMILES string of the molecule is Cc1cccc(C(=O)Nc2cc(Cl)nc(Cl)n2)c1Br. The summed E-state index contributed by atoms with van der Waals surface area (Å²) in [7, 11) is 0. The molecule has 0 saturated heterocycles. The maximum Gasteiger partial charge on any atom is 0.257 e. The Balaban J connectivity index is 2.28. The molecule has 1 heterocycles. The summed E-state index contributed by atoms with van der Waals surface area (Å²) in [6, 6.07) is 6.83. The number of amides is 1. The molecule has 4 nitrogen and oxygen atoms in total. The monoisotopic (exact) mass is 359 g/mol. The van der Waals surface area contributed by atoms with Crippen LogP contribution >= 0.6 is 39.1 Å². The van der Waals surface area contributed by atoms with Crippen molar-refractivity contribution in [2.75, 3.05) is 5.32 Å². The van der Waals surface area contributed by atoms with Crippen molar-refractivity contribution < 1.29 is 4.79 Å². The quantitative estimate of drug-likeness (QED) is 0.647. The topological polar surface area (TPSA) is 54.9 Å². The Bertz CT molecular complexity index is 629. The molecule has 0 radical (unpaired) electrons. The molecular formula is C12H8BrCl2N3O. The molecule has 1 aromatic carbocycles. The zero-order valence-electron chi connectivity index (χ0n) is 9.75. The van der Waals surface area contributed by atoms with Crippen molar-refractivity contribution in [3.8, 4) is 0 Å². The van der Waals surface area contributed by atoms with Gasteiger partial charge in [-0.15, -0.1) is 0 Å². The number of aryl methyl sites for hydroxylation is 1. The molecule has 19 heavy (non-hydrogen) atoms. The van der Waals surface area contributed by atoms with Gasteiger partial charge in [-0.2, -0.15) is 0 Å². The number of hydrogen-bond donors (Lipinski definition) is 1. The molecule has 0 fully saturated rings. The van der Waals surface area contributed by atoms with Crippen LogP contribution in [0.2, 0.25) is 10.4 Å². The number of halogens is 3. The highest BCUT2D eigenvalue weighted by atomic mass is 79.9. The maximum atomic E-state index is 12.1. The molecular weight excluding hydrogens is 353 g/mol. The van der Waals surface area contributed by atoms with Gasteiger partial charge in [0.2, 0.25) is 5.28 Å². The summed E-state index contributed by atoms with van der Waals surface area (Å²) >= 11 is 14.8. The van der Waals surface area contributed by atoms with Gasteiger partial charge >= 0.3 is 0 Å². The van der Waals surface area contributed by atoms with Gasteiger partial charge in [0.1, 0.15) is 11.0 Å². The summed E-state index contributed by atoms with van der Waals surface area (Å²) in [4.78, 5) is 19.7. The lowest BCUT2D eigenvalue weighted by molar-refractivity contribution is 0.102. The molecule has 2 aromatic rings. The number of hydrogen-bond acceptors (Lipinski definition) is 3. The van der Waals surface area contributed by atoms with Gasteiger partial charge in [-0.25, -0.2) is 9.97 Å². The predicted octanol–water partition coefficient (Wildman–Crippen LogP) is 4.11. The second-order valence-electron chi connectivity index (χ2n) is 3.74. The third-order valence-corrected chi connectivity index (χ3v) is 3.76. The van der Waals surface area contributed by atoms with Crippen LogP contribution < -0.4 is 5.32 Å². The van der Waals surface area contributed by atoms with E-state index in [0.717, 1.165) is 10.0 Å². The zero-order chi connectivity index (χ0) is 14.0. The molecule has 0 aliphatic heterocycles. The van der Waals surface area contributed by atoms with Crippen LogP contribution in [0.5, 0.6) is 0 Å². The van der Waals surface area contributed by atoms with Crippen molar-refractivity contribution >= 4 is 50.9 Å². The van der Waals surface area contributed by atoms with Crippen LogP contribution in [0.15, 0.2) is 28.7 Å². The van der Waals surface area contributed by atoms with E-state index in [-0.39, 0.29) is 22.2 Å². The molecule has 0 atom stereocenters. The van der Waals surface area contributed by atoms with Crippen molar-refractivity contribution in [3.05, 3.63) is 50.3 Å². The molecule has 0 bridgehead atoms. The van der Waals surface area contributed by atoms with Crippen molar-refractivity contribution in [2.24, 2.45) is 0 Å². The number of benzene rings is 1. The Morgan fingerprint density at radius 2 is 2.05 bits per heavy atom. The Hall–Kier alpha value is -1.17. The molecule has 0 aliphatic carbocycles. The fraction of sp³-hybridized carbons (Fsp3) is 0.0833. The van der Waals surface area contributed by atoms with Crippen LogP contribution in [0.3, 0.4) is 0 Å². The highest BCUT2D eigenvalue weighted by Gasteiger charge is 2.13. The van der Waals surface area contributed by atoms with Crippen LogP contribution in [0, 0.1) is 6.92 Å². The Morgan fingerprint density at radius 3 is 2.74 bits per heavy atom. The fourth-order valence-corrected chi connectivity index (χ4v) is 2.31. The van der Waals surface area contributed by atoms with Gasteiger partial charge in [-0.05, 0) is 46.1 Å². The van der Waals surface area contributed by atoms with E-state index < -0.39 is 0 Å². The second-order valence-corrected chi connectivity index (χ2v) is 5.25. The molecule has 1 aromatic heterocycles. The van der Waals surface area contributed by atoms with E-state index in [9.17, 15) is 4.79 Å². The first kappa shape index (κ1) is 14.2. The molecule has 0 spiro atoms. The van der Waals surface area contributed by atoms with E-state index in [1.54, 1.807) is 12.1 Å². The van der Waals surface area contributed by atoms with Crippen molar-refractivity contribution in [2.45, 2.75) is 6.92 Å². The smallest absolute Gasteiger partial charge is 0.257 e. The number of nitrogens with zero attached hydrogens (tertiary/aromatic N) is 2. The van der Waals surface area contributed by atoms with E-state index in [1.165, 1.54) is 6.07 Å². The number of carbonyl (C=O) groups excluding carboxylic acids is 1. The molecule has 7 heteroatoms. The third-order valence-electron chi connectivity index (χ3n) is 2.35. The molecule has 1 amide bonds. The summed E-state index contributed by atoms with van der Waals surface area (Å²) in [5.74, 6) is -0.0511. The second kappa shape index (κ2) is 5.86. The lowest BCUT2D eigenvalue weighted by atomic mass is 10.1. The van der Waals surface area contributed by atoms with Crippen molar-refractivity contribution in [1.82, 2.24) is 9.97 Å². The van der Waals surface area contributed by atoms with Gasteiger partial charge in [0.05, 0.1) is 5.56 Å². The Labute approximate surface area is 128 Å². The first-order valence-electron chi connectivity index (χ1n) is 5.24. The first-order chi connectivity index (χ1) is 8.97. The van der Waals surface area contributed by atoms with Crippen molar-refractivity contribution in [1.29, 1.82) is 0 Å². The fourth-order valence-electron chi connectivity index (χ4n) is 1.46. The highest BCUT2D eigenvalue weighted by Crippen LogP contribution is 2.22. The van der Waals surface area contributed by atoms with Crippen LogP contribution in [-0.2, 0) is 0 Å². The van der Waals surface area contributed by atoms with Gasteiger partial charge in [0.25, 0.3) is 5.91 Å². The summed E-state index contributed by atoms with van der Waals surface area (Å²) in [6.45, 7) is 1.90. The lowest BCUT2D eigenvalue weighted by Gasteiger charge is -2.08. The summed E-state index contributed by atoms with van der Waals surface area (Å²) < 4.78 is 0.735. The average Bonchev–Trinajstić information content (AvgIpc) is 2.31. The summed E-state index contributed by atoms with van der Waals surface area (Å²) in [6.07, 6.45) is 0. The Morgan fingerprint density at radius 1 is 1.32 bits per heavy atom. The van der Waals surface area contributed by atoms with Gasteiger partial charge in [-0.1, -0.05) is 23.7 Å². The molecule has 98 valence electrons. The number of nitrogens with one attached hydrogen (secondary N) is 1. The number of aromatic nitrogens is 2. The predicted molar refractivity (Wildman–Crippen MR) is 78.9 cm³/mol. The van der Waals surface area contributed by atoms with E-state index in [4.69, 9.17) is 23.2 Å². The minimum Gasteiger partial charge on any atom is -0.306 e. The van der Waals surface area contributed by atoms with Crippen LogP contribution in [0.25, 0.3) is 0 Å². The number of rotatable bonds is 2. The van der Waals surface area contributed by atoms with Crippen LogP contribution in [0.1, 0.15) is 15.9 Å². The minimum atomic E-state index is -0.304. The van der Waals surface area contributed by atoms with Crippen LogP contribution in [0.4, 0.5) is 5.82 Å². The van der Waals surface area contributed by atoms with Gasteiger partial charge in [0.15, 0.2) is 0 Å². The van der Waals surface area contributed by atoms with Gasteiger partial charge in [-0.3, -0.25) is 4.79 Å². The lowest BCUT2D eigenvalue weighted by Crippen LogP contribution is -2.14.